The van der Waals surface area contributed by atoms with Crippen molar-refractivity contribution in [2.45, 2.75) is 0 Å². The lowest BCUT2D eigenvalue weighted by Crippen LogP contribution is -2.44. The monoisotopic (exact) mass is 311 g/mol. The van der Waals surface area contributed by atoms with Gasteiger partial charge < -0.3 is 14.7 Å². The van der Waals surface area contributed by atoms with Gasteiger partial charge >= 0.3 is 0 Å². The highest BCUT2D eigenvalue weighted by Gasteiger charge is 2.18. The lowest BCUT2D eigenvalue weighted by molar-refractivity contribution is 0.0987. The van der Waals surface area contributed by atoms with E-state index in [4.69, 9.17) is 0 Å². The molecule has 0 atom stereocenters. The van der Waals surface area contributed by atoms with Crippen molar-refractivity contribution in [1.82, 2.24) is 15.1 Å². The summed E-state index contributed by atoms with van der Waals surface area (Å²) in [4.78, 5) is 18.5. The first kappa shape index (κ1) is 15.4. The molecule has 1 saturated heterocycles. The van der Waals surface area contributed by atoms with E-state index in [0.29, 0.717) is 5.69 Å². The quantitative estimate of drug-likeness (QED) is 0.860. The highest BCUT2D eigenvalue weighted by atomic mass is 16.2. The molecule has 0 unspecified atom stereocenters. The minimum Gasteiger partial charge on any atom is -0.353 e. The summed E-state index contributed by atoms with van der Waals surface area (Å²) in [6.45, 7) is 3.89. The fourth-order valence-corrected chi connectivity index (χ4v) is 2.58. The van der Waals surface area contributed by atoms with Crippen molar-refractivity contribution in [2.24, 2.45) is 0 Å². The maximum atomic E-state index is 12.5. The molecule has 0 radical (unpaired) electrons. The number of hydrogen-bond donors (Lipinski definition) is 0. The minimum atomic E-state index is -0.159. The summed E-state index contributed by atoms with van der Waals surface area (Å²) in [7, 11) is 3.86. The number of likely N-dealkylation sites (N-methyl/N-ethyl adjacent to an activating group) is 1. The van der Waals surface area contributed by atoms with Crippen LogP contribution in [0.4, 0.5) is 11.5 Å². The first-order valence-electron chi connectivity index (χ1n) is 7.75. The Hall–Kier alpha value is -2.47. The van der Waals surface area contributed by atoms with Gasteiger partial charge in [-0.25, -0.2) is 0 Å². The van der Waals surface area contributed by atoms with E-state index in [-0.39, 0.29) is 5.91 Å². The Bertz CT molecular complexity index is 650. The number of amides is 1. The van der Waals surface area contributed by atoms with Crippen LogP contribution in [0.1, 0.15) is 10.5 Å². The van der Waals surface area contributed by atoms with Crippen molar-refractivity contribution in [1.29, 1.82) is 0 Å². The predicted molar refractivity (Wildman–Crippen MR) is 90.9 cm³/mol. The Morgan fingerprint density at radius 2 is 1.70 bits per heavy atom. The highest BCUT2D eigenvalue weighted by Crippen LogP contribution is 2.16. The number of anilines is 2. The molecule has 1 aromatic carbocycles. The summed E-state index contributed by atoms with van der Waals surface area (Å²) in [6.07, 6.45) is 0. The molecule has 0 N–H and O–H groups in total. The number of carbonyl (C=O) groups is 1. The Morgan fingerprint density at radius 1 is 1.00 bits per heavy atom. The molecule has 0 bridgehead atoms. The van der Waals surface area contributed by atoms with E-state index in [9.17, 15) is 4.79 Å². The SMILES string of the molecule is CN1CCN(c2ccc(C(=O)N(C)c3ccccc3)nn2)CC1. The molecule has 1 fully saturated rings. The molecule has 2 aromatic rings. The molecule has 3 rings (SSSR count). The van der Waals surface area contributed by atoms with E-state index in [1.807, 2.05) is 36.4 Å². The number of piperazine rings is 1. The summed E-state index contributed by atoms with van der Waals surface area (Å²) in [5, 5.41) is 8.36. The molecule has 2 heterocycles. The van der Waals surface area contributed by atoms with E-state index >= 15 is 0 Å². The number of rotatable bonds is 3. The van der Waals surface area contributed by atoms with Crippen molar-refractivity contribution in [3.05, 3.63) is 48.2 Å². The van der Waals surface area contributed by atoms with Gasteiger partial charge in [-0.1, -0.05) is 18.2 Å². The van der Waals surface area contributed by atoms with Crippen LogP contribution in [-0.2, 0) is 0 Å². The Labute approximate surface area is 136 Å². The van der Waals surface area contributed by atoms with Gasteiger partial charge in [0.05, 0.1) is 0 Å². The van der Waals surface area contributed by atoms with Crippen molar-refractivity contribution >= 4 is 17.4 Å². The number of carbonyl (C=O) groups excluding carboxylic acids is 1. The predicted octanol–water partition coefficient (Wildman–Crippen LogP) is 1.51. The largest absolute Gasteiger partial charge is 0.353 e. The summed E-state index contributed by atoms with van der Waals surface area (Å²) in [5.41, 5.74) is 1.19. The van der Waals surface area contributed by atoms with Gasteiger partial charge in [-0.15, -0.1) is 10.2 Å². The van der Waals surface area contributed by atoms with Gasteiger partial charge in [0, 0.05) is 38.9 Å². The van der Waals surface area contributed by atoms with Crippen molar-refractivity contribution in [3.63, 3.8) is 0 Å². The van der Waals surface area contributed by atoms with E-state index in [2.05, 4.69) is 27.0 Å². The van der Waals surface area contributed by atoms with Crippen LogP contribution in [0.25, 0.3) is 0 Å². The number of nitrogens with zero attached hydrogens (tertiary/aromatic N) is 5. The molecule has 0 aliphatic carbocycles. The Balaban J connectivity index is 1.70. The van der Waals surface area contributed by atoms with Crippen molar-refractivity contribution in [2.75, 3.05) is 50.1 Å². The Kier molecular flexibility index (Phi) is 4.52. The first-order valence-corrected chi connectivity index (χ1v) is 7.75. The average Bonchev–Trinajstić information content (AvgIpc) is 2.62. The molecule has 1 aliphatic heterocycles. The van der Waals surface area contributed by atoms with Crippen LogP contribution in [0, 0.1) is 0 Å². The van der Waals surface area contributed by atoms with E-state index < -0.39 is 0 Å². The molecular formula is C17H21N5O. The van der Waals surface area contributed by atoms with Gasteiger partial charge in [0.25, 0.3) is 5.91 Å². The van der Waals surface area contributed by atoms with Crippen LogP contribution in [0.2, 0.25) is 0 Å². The molecule has 6 nitrogen and oxygen atoms in total. The molecule has 1 amide bonds. The second-order valence-corrected chi connectivity index (χ2v) is 5.77. The van der Waals surface area contributed by atoms with Gasteiger partial charge in [0.1, 0.15) is 0 Å². The summed E-state index contributed by atoms with van der Waals surface area (Å²) in [5.74, 6) is 0.672. The van der Waals surface area contributed by atoms with Crippen LogP contribution >= 0.6 is 0 Å². The molecule has 1 aromatic heterocycles. The smallest absolute Gasteiger partial charge is 0.278 e. The average molecular weight is 311 g/mol. The lowest BCUT2D eigenvalue weighted by atomic mass is 10.2. The normalized spacial score (nSPS) is 15.5. The number of aromatic nitrogens is 2. The number of hydrogen-bond acceptors (Lipinski definition) is 5. The zero-order valence-corrected chi connectivity index (χ0v) is 13.5. The number of benzene rings is 1. The van der Waals surface area contributed by atoms with Gasteiger partial charge in [0.2, 0.25) is 0 Å². The third-order valence-electron chi connectivity index (χ3n) is 4.14. The van der Waals surface area contributed by atoms with Gasteiger partial charge in [-0.05, 0) is 31.3 Å². The molecule has 0 spiro atoms. The first-order chi connectivity index (χ1) is 11.1. The third-order valence-corrected chi connectivity index (χ3v) is 4.14. The van der Waals surface area contributed by atoms with E-state index in [0.717, 1.165) is 37.7 Å². The third kappa shape index (κ3) is 3.48. The zero-order valence-electron chi connectivity index (χ0n) is 13.5. The molecular weight excluding hydrogens is 290 g/mol. The second-order valence-electron chi connectivity index (χ2n) is 5.77. The molecule has 0 saturated carbocycles. The maximum Gasteiger partial charge on any atom is 0.278 e. The van der Waals surface area contributed by atoms with E-state index in [1.54, 1.807) is 18.0 Å². The van der Waals surface area contributed by atoms with Crippen LogP contribution < -0.4 is 9.80 Å². The number of para-hydroxylation sites is 1. The Morgan fingerprint density at radius 3 is 2.30 bits per heavy atom. The zero-order chi connectivity index (χ0) is 16.2. The van der Waals surface area contributed by atoms with Crippen molar-refractivity contribution in [3.8, 4) is 0 Å². The molecule has 1 aliphatic rings. The fraction of sp³-hybridized carbons (Fsp3) is 0.353. The minimum absolute atomic E-state index is 0.159. The van der Waals surface area contributed by atoms with Crippen LogP contribution in [0.3, 0.4) is 0 Å². The topological polar surface area (TPSA) is 52.6 Å². The standard InChI is InChI=1S/C17H21N5O/c1-20-10-12-22(13-11-20)16-9-8-15(18-19-16)17(23)21(2)14-6-4-3-5-7-14/h3-9H,10-13H2,1-2H3. The maximum absolute atomic E-state index is 12.5. The summed E-state index contributed by atoms with van der Waals surface area (Å²) >= 11 is 0. The fourth-order valence-electron chi connectivity index (χ4n) is 2.58. The molecule has 23 heavy (non-hydrogen) atoms. The molecule has 120 valence electrons. The summed E-state index contributed by atoms with van der Waals surface area (Å²) in [6, 6.07) is 13.1. The van der Waals surface area contributed by atoms with Crippen LogP contribution in [0.5, 0.6) is 0 Å². The second kappa shape index (κ2) is 6.75. The molecule has 6 heteroatoms. The van der Waals surface area contributed by atoms with Gasteiger partial charge in [0.15, 0.2) is 11.5 Å². The van der Waals surface area contributed by atoms with Gasteiger partial charge in [-0.2, -0.15) is 0 Å². The van der Waals surface area contributed by atoms with Crippen LogP contribution in [-0.4, -0.2) is 61.3 Å². The van der Waals surface area contributed by atoms with Gasteiger partial charge in [-0.3, -0.25) is 4.79 Å². The summed E-state index contributed by atoms with van der Waals surface area (Å²) < 4.78 is 0. The van der Waals surface area contributed by atoms with E-state index in [1.165, 1.54) is 0 Å². The lowest BCUT2D eigenvalue weighted by Gasteiger charge is -2.32. The van der Waals surface area contributed by atoms with Crippen molar-refractivity contribution < 1.29 is 4.79 Å². The van der Waals surface area contributed by atoms with Crippen LogP contribution in [0.15, 0.2) is 42.5 Å². The highest BCUT2D eigenvalue weighted by molar-refractivity contribution is 6.04.